The van der Waals surface area contributed by atoms with Gasteiger partial charge in [-0.15, -0.1) is 0 Å². The van der Waals surface area contributed by atoms with Gasteiger partial charge in [-0.25, -0.2) is 8.78 Å². The lowest BCUT2D eigenvalue weighted by Crippen LogP contribution is -2.29. The molecule has 0 saturated carbocycles. The van der Waals surface area contributed by atoms with Gasteiger partial charge >= 0.3 is 0 Å². The number of carbonyl (C=O) groups is 2. The Kier molecular flexibility index (Phi) is 5.97. The molecule has 0 aromatic heterocycles. The Labute approximate surface area is 133 Å². The van der Waals surface area contributed by atoms with Gasteiger partial charge in [0.1, 0.15) is 11.6 Å². The van der Waals surface area contributed by atoms with Crippen LogP contribution in [0.1, 0.15) is 28.8 Å². The summed E-state index contributed by atoms with van der Waals surface area (Å²) in [4.78, 5) is 23.5. The molecule has 0 aliphatic rings. The summed E-state index contributed by atoms with van der Waals surface area (Å²) < 4.78 is 25.5. The molecule has 1 N–H and O–H groups in total. The fourth-order valence-corrected chi connectivity index (χ4v) is 2.11. The minimum Gasteiger partial charge on any atom is -0.349 e. The molecule has 5 heteroatoms. The number of nitrogens with one attached hydrogen (secondary N) is 1. The van der Waals surface area contributed by atoms with Crippen LogP contribution in [0, 0.1) is 11.6 Å². The Morgan fingerprint density at radius 1 is 0.870 bits per heavy atom. The maximum atomic E-state index is 12.8. The van der Waals surface area contributed by atoms with Gasteiger partial charge in [0, 0.05) is 12.0 Å². The van der Waals surface area contributed by atoms with Gasteiger partial charge in [-0.1, -0.05) is 12.1 Å². The van der Waals surface area contributed by atoms with Crippen LogP contribution in [0.15, 0.2) is 48.5 Å². The number of hydrogen-bond donors (Lipinski definition) is 1. The van der Waals surface area contributed by atoms with E-state index in [1.165, 1.54) is 36.4 Å². The first kappa shape index (κ1) is 16.8. The third-order valence-corrected chi connectivity index (χ3v) is 3.39. The van der Waals surface area contributed by atoms with Crippen LogP contribution in [-0.4, -0.2) is 18.2 Å². The van der Waals surface area contributed by atoms with Crippen molar-refractivity contribution in [2.45, 2.75) is 19.3 Å². The summed E-state index contributed by atoms with van der Waals surface area (Å²) >= 11 is 0. The molecule has 1 amide bonds. The standard InChI is InChI=1S/C18H17F2NO2/c19-15-8-4-13(5-9-15)2-1-3-18(23)21-12-17(22)14-6-10-16(20)11-7-14/h4-11H,1-3,12H2,(H,21,23). The van der Waals surface area contributed by atoms with Gasteiger partial charge in [0.05, 0.1) is 6.54 Å². The number of benzene rings is 2. The lowest BCUT2D eigenvalue weighted by Gasteiger charge is -2.05. The molecule has 2 aromatic carbocycles. The van der Waals surface area contributed by atoms with Crippen LogP contribution in [0.5, 0.6) is 0 Å². The number of hydrogen-bond acceptors (Lipinski definition) is 2. The van der Waals surface area contributed by atoms with Crippen LogP contribution in [0.2, 0.25) is 0 Å². The van der Waals surface area contributed by atoms with Crippen LogP contribution >= 0.6 is 0 Å². The van der Waals surface area contributed by atoms with E-state index in [9.17, 15) is 18.4 Å². The van der Waals surface area contributed by atoms with E-state index < -0.39 is 5.82 Å². The second-order valence-electron chi connectivity index (χ2n) is 5.19. The summed E-state index contributed by atoms with van der Waals surface area (Å²) in [5.74, 6) is -1.18. The van der Waals surface area contributed by atoms with Crippen molar-refractivity contribution >= 4 is 11.7 Å². The third-order valence-electron chi connectivity index (χ3n) is 3.39. The molecule has 2 rings (SSSR count). The Morgan fingerprint density at radius 3 is 2.04 bits per heavy atom. The van der Waals surface area contributed by atoms with Crippen LogP contribution in [0.3, 0.4) is 0 Å². The molecule has 0 aliphatic heterocycles. The van der Waals surface area contributed by atoms with Crippen molar-refractivity contribution in [3.63, 3.8) is 0 Å². The molecule has 0 heterocycles. The first-order valence-corrected chi connectivity index (χ1v) is 7.34. The van der Waals surface area contributed by atoms with E-state index in [1.54, 1.807) is 12.1 Å². The molecule has 0 fully saturated rings. The Bertz CT molecular complexity index is 666. The van der Waals surface area contributed by atoms with Gasteiger partial charge in [-0.05, 0) is 54.8 Å². The maximum absolute atomic E-state index is 12.8. The van der Waals surface area contributed by atoms with Crippen molar-refractivity contribution < 1.29 is 18.4 Å². The maximum Gasteiger partial charge on any atom is 0.220 e. The first-order chi connectivity index (χ1) is 11.0. The Balaban J connectivity index is 1.69. The third kappa shape index (κ3) is 5.62. The Hall–Kier alpha value is -2.56. The second-order valence-corrected chi connectivity index (χ2v) is 5.19. The molecule has 0 bridgehead atoms. The molecule has 0 radical (unpaired) electrons. The summed E-state index contributed by atoms with van der Waals surface area (Å²) in [6.45, 7) is -0.110. The number of amides is 1. The van der Waals surface area contributed by atoms with Gasteiger partial charge in [0.15, 0.2) is 5.78 Å². The van der Waals surface area contributed by atoms with E-state index in [2.05, 4.69) is 5.32 Å². The Morgan fingerprint density at radius 2 is 1.43 bits per heavy atom. The van der Waals surface area contributed by atoms with E-state index >= 15 is 0 Å². The SMILES string of the molecule is O=C(CCCc1ccc(F)cc1)NCC(=O)c1ccc(F)cc1. The molecule has 23 heavy (non-hydrogen) atoms. The van der Waals surface area contributed by atoms with Crippen LogP contribution in [0.25, 0.3) is 0 Å². The van der Waals surface area contributed by atoms with Crippen molar-refractivity contribution in [1.29, 1.82) is 0 Å². The van der Waals surface area contributed by atoms with Gasteiger partial charge in [0.25, 0.3) is 0 Å². The van der Waals surface area contributed by atoms with Crippen molar-refractivity contribution in [1.82, 2.24) is 5.32 Å². The smallest absolute Gasteiger partial charge is 0.220 e. The molecular formula is C18H17F2NO2. The number of aryl methyl sites for hydroxylation is 1. The van der Waals surface area contributed by atoms with E-state index in [4.69, 9.17) is 0 Å². The molecule has 0 aliphatic carbocycles. The number of ketones is 1. The van der Waals surface area contributed by atoms with E-state index in [0.717, 1.165) is 5.56 Å². The monoisotopic (exact) mass is 317 g/mol. The van der Waals surface area contributed by atoms with Crippen molar-refractivity contribution in [2.75, 3.05) is 6.54 Å². The summed E-state index contributed by atoms with van der Waals surface area (Å²) in [6, 6.07) is 11.3. The van der Waals surface area contributed by atoms with E-state index in [-0.39, 0.29) is 30.5 Å². The quantitative estimate of drug-likeness (QED) is 0.797. The zero-order valence-corrected chi connectivity index (χ0v) is 12.5. The van der Waals surface area contributed by atoms with Crippen molar-refractivity contribution in [3.8, 4) is 0 Å². The van der Waals surface area contributed by atoms with Gasteiger partial charge < -0.3 is 5.32 Å². The van der Waals surface area contributed by atoms with Crippen molar-refractivity contribution in [2.24, 2.45) is 0 Å². The first-order valence-electron chi connectivity index (χ1n) is 7.34. The van der Waals surface area contributed by atoms with Crippen molar-refractivity contribution in [3.05, 3.63) is 71.3 Å². The van der Waals surface area contributed by atoms with Gasteiger partial charge in [-0.3, -0.25) is 9.59 Å². The van der Waals surface area contributed by atoms with Crippen LogP contribution in [-0.2, 0) is 11.2 Å². The molecule has 0 saturated heterocycles. The fraction of sp³-hybridized carbons (Fsp3) is 0.222. The highest BCUT2D eigenvalue weighted by atomic mass is 19.1. The topological polar surface area (TPSA) is 46.2 Å². The number of Topliss-reactive ketones (excluding diaryl/α,β-unsaturated/α-hetero) is 1. The zero-order chi connectivity index (χ0) is 16.7. The summed E-state index contributed by atoms with van der Waals surface area (Å²) in [5.41, 5.74) is 1.32. The summed E-state index contributed by atoms with van der Waals surface area (Å²) in [6.07, 6.45) is 1.57. The minimum absolute atomic E-state index is 0.110. The zero-order valence-electron chi connectivity index (χ0n) is 12.5. The highest BCUT2D eigenvalue weighted by molar-refractivity contribution is 5.99. The molecule has 0 atom stereocenters. The summed E-state index contributed by atoms with van der Waals surface area (Å²) in [5, 5.41) is 2.55. The predicted molar refractivity (Wildman–Crippen MR) is 83.1 cm³/mol. The number of rotatable bonds is 7. The molecule has 0 spiro atoms. The largest absolute Gasteiger partial charge is 0.349 e. The molecule has 3 nitrogen and oxygen atoms in total. The molecule has 0 unspecified atom stereocenters. The second kappa shape index (κ2) is 8.17. The van der Waals surface area contributed by atoms with Gasteiger partial charge in [-0.2, -0.15) is 0 Å². The summed E-state index contributed by atoms with van der Waals surface area (Å²) in [7, 11) is 0. The normalized spacial score (nSPS) is 10.3. The highest BCUT2D eigenvalue weighted by Gasteiger charge is 2.08. The number of halogens is 2. The minimum atomic E-state index is -0.411. The van der Waals surface area contributed by atoms with Crippen LogP contribution < -0.4 is 5.32 Å². The fourth-order valence-electron chi connectivity index (χ4n) is 2.11. The lowest BCUT2D eigenvalue weighted by molar-refractivity contribution is -0.121. The van der Waals surface area contributed by atoms with E-state index in [0.29, 0.717) is 18.4 Å². The average molecular weight is 317 g/mol. The van der Waals surface area contributed by atoms with Gasteiger partial charge in [0.2, 0.25) is 5.91 Å². The number of carbonyl (C=O) groups excluding carboxylic acids is 2. The highest BCUT2D eigenvalue weighted by Crippen LogP contribution is 2.07. The predicted octanol–water partition coefficient (Wildman–Crippen LogP) is 3.29. The molecule has 120 valence electrons. The van der Waals surface area contributed by atoms with Crippen LogP contribution in [0.4, 0.5) is 8.78 Å². The molecule has 2 aromatic rings. The lowest BCUT2D eigenvalue weighted by atomic mass is 10.1. The molecular weight excluding hydrogens is 300 g/mol. The van der Waals surface area contributed by atoms with E-state index in [1.807, 2.05) is 0 Å². The average Bonchev–Trinajstić information content (AvgIpc) is 2.55.